The average molecular weight is 454 g/mol. The number of fused-ring (bicyclic) bond motifs is 1. The van der Waals surface area contributed by atoms with Gasteiger partial charge in [-0.05, 0) is 49.6 Å². The fraction of sp³-hybridized carbons (Fsp3) is 0.375. The Kier molecular flexibility index (Phi) is 6.89. The number of aromatic nitrogens is 2. The molecule has 3 aromatic rings. The van der Waals surface area contributed by atoms with Crippen LogP contribution < -0.4 is 17.0 Å². The molecule has 168 valence electrons. The Labute approximate surface area is 192 Å². The van der Waals surface area contributed by atoms with E-state index in [-0.39, 0.29) is 23.4 Å². The van der Waals surface area contributed by atoms with E-state index in [0.29, 0.717) is 67.2 Å². The van der Waals surface area contributed by atoms with Crippen LogP contribution in [0.1, 0.15) is 36.7 Å². The zero-order valence-electron chi connectivity index (χ0n) is 17.9. The molecule has 7 nitrogen and oxygen atoms in total. The van der Waals surface area contributed by atoms with Crippen LogP contribution in [0.25, 0.3) is 10.9 Å². The highest BCUT2D eigenvalue weighted by atomic mass is 35.5. The SMILES string of the molecule is NCCC1CCC(c2nc3cc(Cl)ccc3c(=O)n2Cc2ccccc2)N(CCN)C1=O. The number of amides is 1. The first kappa shape index (κ1) is 22.5. The van der Waals surface area contributed by atoms with Crippen molar-refractivity contribution < 1.29 is 4.79 Å². The zero-order chi connectivity index (χ0) is 22.7. The smallest absolute Gasteiger partial charge is 0.261 e. The molecular formula is C24H28ClN5O2. The molecule has 1 amide bonds. The van der Waals surface area contributed by atoms with Crippen molar-refractivity contribution in [2.24, 2.45) is 17.4 Å². The van der Waals surface area contributed by atoms with Crippen molar-refractivity contribution in [3.8, 4) is 0 Å². The van der Waals surface area contributed by atoms with E-state index in [9.17, 15) is 9.59 Å². The van der Waals surface area contributed by atoms with Crippen LogP contribution in [-0.2, 0) is 11.3 Å². The Bertz CT molecular complexity index is 1160. The van der Waals surface area contributed by atoms with Crippen LogP contribution in [-0.4, -0.2) is 40.0 Å². The summed E-state index contributed by atoms with van der Waals surface area (Å²) in [7, 11) is 0. The van der Waals surface area contributed by atoms with Gasteiger partial charge in [-0.1, -0.05) is 41.9 Å². The van der Waals surface area contributed by atoms with Gasteiger partial charge in [0.05, 0.1) is 23.5 Å². The summed E-state index contributed by atoms with van der Waals surface area (Å²) >= 11 is 6.19. The Morgan fingerprint density at radius 2 is 1.81 bits per heavy atom. The molecule has 8 heteroatoms. The molecule has 1 aliphatic heterocycles. The maximum absolute atomic E-state index is 13.6. The Morgan fingerprint density at radius 3 is 2.53 bits per heavy atom. The molecule has 0 radical (unpaired) electrons. The quantitative estimate of drug-likeness (QED) is 0.571. The molecule has 32 heavy (non-hydrogen) atoms. The second-order valence-corrected chi connectivity index (χ2v) is 8.63. The van der Waals surface area contributed by atoms with E-state index >= 15 is 0 Å². The third-order valence-corrected chi connectivity index (χ3v) is 6.35. The summed E-state index contributed by atoms with van der Waals surface area (Å²) < 4.78 is 1.69. The van der Waals surface area contributed by atoms with E-state index in [1.807, 2.05) is 30.3 Å². The number of likely N-dealkylation sites (tertiary alicyclic amines) is 1. The van der Waals surface area contributed by atoms with Crippen molar-refractivity contribution in [1.82, 2.24) is 14.5 Å². The van der Waals surface area contributed by atoms with E-state index in [2.05, 4.69) is 0 Å². The minimum absolute atomic E-state index is 0.0313. The number of carbonyl (C=O) groups is 1. The highest BCUT2D eigenvalue weighted by Crippen LogP contribution is 2.35. The van der Waals surface area contributed by atoms with Gasteiger partial charge in [0.15, 0.2) is 0 Å². The van der Waals surface area contributed by atoms with Crippen molar-refractivity contribution in [1.29, 1.82) is 0 Å². The van der Waals surface area contributed by atoms with Crippen LogP contribution in [0.5, 0.6) is 0 Å². The summed E-state index contributed by atoms with van der Waals surface area (Å²) in [5.74, 6) is 0.484. The Morgan fingerprint density at radius 1 is 1.03 bits per heavy atom. The molecule has 4 rings (SSSR count). The number of piperidine rings is 1. The molecule has 0 saturated carbocycles. The van der Waals surface area contributed by atoms with Crippen LogP contribution >= 0.6 is 11.6 Å². The first-order valence-electron chi connectivity index (χ1n) is 11.0. The molecule has 2 aromatic carbocycles. The van der Waals surface area contributed by atoms with E-state index in [4.69, 9.17) is 28.1 Å². The molecule has 1 fully saturated rings. The lowest BCUT2D eigenvalue weighted by Gasteiger charge is -2.39. The van der Waals surface area contributed by atoms with Gasteiger partial charge in [-0.15, -0.1) is 0 Å². The predicted octanol–water partition coefficient (Wildman–Crippen LogP) is 2.69. The molecule has 0 bridgehead atoms. The number of nitrogens with zero attached hydrogens (tertiary/aromatic N) is 3. The van der Waals surface area contributed by atoms with E-state index in [1.165, 1.54) is 0 Å². The molecular weight excluding hydrogens is 426 g/mol. The summed E-state index contributed by atoms with van der Waals surface area (Å²) in [6, 6.07) is 14.5. The zero-order valence-corrected chi connectivity index (χ0v) is 18.7. The van der Waals surface area contributed by atoms with Gasteiger partial charge in [-0.2, -0.15) is 0 Å². The van der Waals surface area contributed by atoms with Crippen LogP contribution in [0.4, 0.5) is 0 Å². The number of nitrogens with two attached hydrogens (primary N) is 2. The number of carbonyl (C=O) groups excluding carboxylic acids is 1. The lowest BCUT2D eigenvalue weighted by Crippen LogP contribution is -2.47. The number of halogens is 1. The van der Waals surface area contributed by atoms with Crippen molar-refractivity contribution in [2.75, 3.05) is 19.6 Å². The fourth-order valence-electron chi connectivity index (χ4n) is 4.55. The van der Waals surface area contributed by atoms with Crippen molar-refractivity contribution in [3.05, 3.63) is 75.3 Å². The first-order chi connectivity index (χ1) is 15.5. The molecule has 0 aliphatic carbocycles. The molecule has 1 aromatic heterocycles. The molecule has 4 N–H and O–H groups in total. The van der Waals surface area contributed by atoms with Crippen molar-refractivity contribution in [3.63, 3.8) is 0 Å². The number of hydrogen-bond donors (Lipinski definition) is 2. The molecule has 2 heterocycles. The van der Waals surface area contributed by atoms with E-state index in [1.54, 1.807) is 27.7 Å². The summed E-state index contributed by atoms with van der Waals surface area (Å²) in [6.45, 7) is 1.57. The lowest BCUT2D eigenvalue weighted by molar-refractivity contribution is -0.142. The van der Waals surface area contributed by atoms with Gasteiger partial charge in [0.2, 0.25) is 5.91 Å². The minimum atomic E-state index is -0.333. The van der Waals surface area contributed by atoms with Gasteiger partial charge in [-0.3, -0.25) is 14.2 Å². The molecule has 1 saturated heterocycles. The number of rotatable bonds is 7. The minimum Gasteiger partial charge on any atom is -0.331 e. The van der Waals surface area contributed by atoms with Crippen molar-refractivity contribution in [2.45, 2.75) is 31.8 Å². The molecule has 0 spiro atoms. The van der Waals surface area contributed by atoms with E-state index < -0.39 is 0 Å². The normalized spacial score (nSPS) is 19.0. The summed E-state index contributed by atoms with van der Waals surface area (Å²) in [5, 5.41) is 1.01. The van der Waals surface area contributed by atoms with Gasteiger partial charge in [0.25, 0.3) is 5.56 Å². The lowest BCUT2D eigenvalue weighted by atomic mass is 9.88. The summed E-state index contributed by atoms with van der Waals surface area (Å²) in [4.78, 5) is 33.5. The van der Waals surface area contributed by atoms with Crippen LogP contribution in [0.3, 0.4) is 0 Å². The van der Waals surface area contributed by atoms with Gasteiger partial charge >= 0.3 is 0 Å². The third-order valence-electron chi connectivity index (χ3n) is 6.11. The maximum atomic E-state index is 13.6. The largest absolute Gasteiger partial charge is 0.331 e. The van der Waals surface area contributed by atoms with Crippen molar-refractivity contribution >= 4 is 28.4 Å². The van der Waals surface area contributed by atoms with Gasteiger partial charge in [0.1, 0.15) is 5.82 Å². The standard InChI is InChI=1S/C24H28ClN5O2/c25-18-7-8-19-20(14-18)28-22(30(24(19)32)15-16-4-2-1-3-5-16)21-9-6-17(10-11-26)23(31)29(21)13-12-27/h1-5,7-8,14,17,21H,6,9-13,15,26-27H2. The van der Waals surface area contributed by atoms with Gasteiger partial charge in [-0.25, -0.2) is 4.98 Å². The Balaban J connectivity index is 1.86. The fourth-order valence-corrected chi connectivity index (χ4v) is 4.72. The van der Waals surface area contributed by atoms with Crippen LogP contribution in [0, 0.1) is 5.92 Å². The third kappa shape index (κ3) is 4.41. The van der Waals surface area contributed by atoms with Gasteiger partial charge < -0.3 is 16.4 Å². The number of hydrogen-bond acceptors (Lipinski definition) is 5. The van der Waals surface area contributed by atoms with Gasteiger partial charge in [0, 0.05) is 24.0 Å². The molecule has 2 unspecified atom stereocenters. The monoisotopic (exact) mass is 453 g/mol. The number of benzene rings is 2. The highest BCUT2D eigenvalue weighted by Gasteiger charge is 2.37. The maximum Gasteiger partial charge on any atom is 0.261 e. The second-order valence-electron chi connectivity index (χ2n) is 8.20. The molecule has 2 atom stereocenters. The summed E-state index contributed by atoms with van der Waals surface area (Å²) in [6.07, 6.45) is 2.05. The van der Waals surface area contributed by atoms with E-state index in [0.717, 1.165) is 5.56 Å². The second kappa shape index (κ2) is 9.81. The summed E-state index contributed by atoms with van der Waals surface area (Å²) in [5.41, 5.74) is 13.0. The van der Waals surface area contributed by atoms with Crippen LogP contribution in [0.2, 0.25) is 5.02 Å². The predicted molar refractivity (Wildman–Crippen MR) is 126 cm³/mol. The average Bonchev–Trinajstić information content (AvgIpc) is 2.79. The first-order valence-corrected chi connectivity index (χ1v) is 11.4. The topological polar surface area (TPSA) is 107 Å². The van der Waals surface area contributed by atoms with Crippen LogP contribution in [0.15, 0.2) is 53.3 Å². The highest BCUT2D eigenvalue weighted by molar-refractivity contribution is 6.31. The molecule has 1 aliphatic rings. The Hall–Kier alpha value is -2.74.